The highest BCUT2D eigenvalue weighted by atomic mass is 32.2. The number of nitrogens with zero attached hydrogens (tertiary/aromatic N) is 2. The highest BCUT2D eigenvalue weighted by molar-refractivity contribution is 7.99. The molecule has 1 N–H and O–H groups in total. The Morgan fingerprint density at radius 1 is 1.17 bits per heavy atom. The van der Waals surface area contributed by atoms with Crippen LogP contribution in [0.1, 0.15) is 61.8 Å². The maximum Gasteiger partial charge on any atom is 0.262 e. The van der Waals surface area contributed by atoms with E-state index in [0.717, 1.165) is 47.2 Å². The second kappa shape index (κ2) is 7.09. The number of amides is 1. The fourth-order valence-corrected chi connectivity index (χ4v) is 9.20. The molecule has 7 rings (SSSR count). The van der Waals surface area contributed by atoms with Crippen LogP contribution in [-0.2, 0) is 24.7 Å². The van der Waals surface area contributed by atoms with Crippen LogP contribution in [-0.4, -0.2) is 26.8 Å². The number of aromatic nitrogens is 2. The van der Waals surface area contributed by atoms with Gasteiger partial charge in [0, 0.05) is 17.5 Å². The van der Waals surface area contributed by atoms with Gasteiger partial charge in [-0.15, -0.1) is 11.3 Å². The van der Waals surface area contributed by atoms with E-state index in [1.807, 2.05) is 0 Å². The minimum absolute atomic E-state index is 0.0441. The minimum atomic E-state index is 0.0441. The molecule has 1 amide bonds. The summed E-state index contributed by atoms with van der Waals surface area (Å²) in [5.41, 5.74) is 1.32. The van der Waals surface area contributed by atoms with Crippen LogP contribution in [0.5, 0.6) is 0 Å². The zero-order valence-corrected chi connectivity index (χ0v) is 19.2. The van der Waals surface area contributed by atoms with E-state index in [0.29, 0.717) is 10.9 Å². The van der Waals surface area contributed by atoms with Gasteiger partial charge >= 0.3 is 0 Å². The van der Waals surface area contributed by atoms with Crippen molar-refractivity contribution in [3.05, 3.63) is 20.8 Å². The molecule has 0 spiro atoms. The van der Waals surface area contributed by atoms with Crippen molar-refractivity contribution in [3.63, 3.8) is 0 Å². The molecule has 0 saturated heterocycles. The first-order valence-corrected chi connectivity index (χ1v) is 13.2. The first-order chi connectivity index (χ1) is 14.5. The molecule has 30 heavy (non-hydrogen) atoms. The molecule has 2 aromatic rings. The monoisotopic (exact) mass is 443 g/mol. The number of hydrogen-bond donors (Lipinski definition) is 1. The molecular formula is C23H29N3O2S2. The number of aryl methyl sites for hydroxylation is 2. The van der Waals surface area contributed by atoms with Crippen LogP contribution in [0.15, 0.2) is 9.95 Å². The van der Waals surface area contributed by atoms with Crippen molar-refractivity contribution < 1.29 is 4.79 Å². The summed E-state index contributed by atoms with van der Waals surface area (Å²) in [6.07, 6.45) is 12.0. The number of rotatable bonds is 4. The number of thiophene rings is 1. The van der Waals surface area contributed by atoms with Crippen molar-refractivity contribution in [2.45, 2.75) is 74.9 Å². The quantitative estimate of drug-likeness (QED) is 0.572. The van der Waals surface area contributed by atoms with Crippen LogP contribution in [0.4, 0.5) is 0 Å². The van der Waals surface area contributed by atoms with Crippen LogP contribution < -0.4 is 10.9 Å². The second-order valence-electron chi connectivity index (χ2n) is 10.2. The van der Waals surface area contributed by atoms with Crippen molar-refractivity contribution >= 4 is 39.2 Å². The number of hydrogen-bond acceptors (Lipinski definition) is 5. The topological polar surface area (TPSA) is 64.0 Å². The molecule has 4 bridgehead atoms. The van der Waals surface area contributed by atoms with E-state index >= 15 is 0 Å². The molecule has 0 atom stereocenters. The number of carbonyl (C=O) groups is 1. The van der Waals surface area contributed by atoms with Gasteiger partial charge in [-0.25, -0.2) is 4.98 Å². The van der Waals surface area contributed by atoms with Gasteiger partial charge < -0.3 is 5.32 Å². The summed E-state index contributed by atoms with van der Waals surface area (Å²) in [7, 11) is 1.79. The third kappa shape index (κ3) is 3.15. The number of thioether (sulfide) groups is 1. The minimum Gasteiger partial charge on any atom is -0.350 e. The van der Waals surface area contributed by atoms with Crippen molar-refractivity contribution in [2.24, 2.45) is 24.8 Å². The fraction of sp³-hybridized carbons (Fsp3) is 0.696. The average molecular weight is 444 g/mol. The molecule has 160 valence electrons. The van der Waals surface area contributed by atoms with Gasteiger partial charge in [-0.05, 0) is 87.5 Å². The molecule has 5 aliphatic carbocycles. The van der Waals surface area contributed by atoms with E-state index in [9.17, 15) is 9.59 Å². The lowest BCUT2D eigenvalue weighted by Gasteiger charge is -2.56. The first kappa shape index (κ1) is 19.4. The molecular weight excluding hydrogens is 414 g/mol. The molecule has 4 fully saturated rings. The highest BCUT2D eigenvalue weighted by Crippen LogP contribution is 2.55. The molecule has 7 heteroatoms. The van der Waals surface area contributed by atoms with E-state index in [4.69, 9.17) is 4.98 Å². The van der Waals surface area contributed by atoms with Gasteiger partial charge in [0.25, 0.3) is 5.56 Å². The Kier molecular flexibility index (Phi) is 4.57. The van der Waals surface area contributed by atoms with E-state index in [1.165, 1.54) is 67.1 Å². The predicted molar refractivity (Wildman–Crippen MR) is 121 cm³/mol. The summed E-state index contributed by atoms with van der Waals surface area (Å²) >= 11 is 3.08. The molecule has 0 unspecified atom stereocenters. The Morgan fingerprint density at radius 3 is 2.53 bits per heavy atom. The summed E-state index contributed by atoms with van der Waals surface area (Å²) in [5, 5.41) is 4.91. The van der Waals surface area contributed by atoms with E-state index in [1.54, 1.807) is 23.0 Å². The summed E-state index contributed by atoms with van der Waals surface area (Å²) in [6.45, 7) is 0. The predicted octanol–water partition coefficient (Wildman–Crippen LogP) is 4.05. The van der Waals surface area contributed by atoms with E-state index in [2.05, 4.69) is 5.32 Å². The number of carbonyl (C=O) groups excluding carboxylic acids is 1. The Balaban J connectivity index is 1.19. The van der Waals surface area contributed by atoms with Gasteiger partial charge in [0.05, 0.1) is 11.1 Å². The van der Waals surface area contributed by atoms with E-state index in [-0.39, 0.29) is 17.0 Å². The van der Waals surface area contributed by atoms with E-state index < -0.39 is 0 Å². The fourth-order valence-electron chi connectivity index (χ4n) is 7.12. The van der Waals surface area contributed by atoms with Crippen LogP contribution in [0.25, 0.3) is 10.2 Å². The molecule has 2 aromatic heterocycles. The highest BCUT2D eigenvalue weighted by Gasteiger charge is 2.51. The molecule has 0 aliphatic heterocycles. The average Bonchev–Trinajstić information content (AvgIpc) is 3.06. The lowest BCUT2D eigenvalue weighted by atomic mass is 9.53. The zero-order chi connectivity index (χ0) is 20.5. The lowest BCUT2D eigenvalue weighted by Crippen LogP contribution is -2.60. The van der Waals surface area contributed by atoms with Gasteiger partial charge in [0.15, 0.2) is 5.16 Å². The lowest BCUT2D eigenvalue weighted by molar-refractivity contribution is -0.124. The number of nitrogens with one attached hydrogen (secondary N) is 1. The van der Waals surface area contributed by atoms with Crippen LogP contribution in [0, 0.1) is 17.8 Å². The van der Waals surface area contributed by atoms with Crippen LogP contribution in [0.3, 0.4) is 0 Å². The molecule has 5 aliphatic rings. The van der Waals surface area contributed by atoms with Crippen molar-refractivity contribution in [1.82, 2.24) is 14.9 Å². The largest absolute Gasteiger partial charge is 0.350 e. The first-order valence-electron chi connectivity index (χ1n) is 11.4. The van der Waals surface area contributed by atoms with Gasteiger partial charge in [0.2, 0.25) is 5.91 Å². The van der Waals surface area contributed by atoms with Gasteiger partial charge in [0.1, 0.15) is 4.83 Å². The van der Waals surface area contributed by atoms with Gasteiger partial charge in [-0.3, -0.25) is 14.2 Å². The summed E-state index contributed by atoms with van der Waals surface area (Å²) in [5.74, 6) is 2.89. The third-order valence-corrected chi connectivity index (χ3v) is 10.1. The summed E-state index contributed by atoms with van der Waals surface area (Å²) < 4.78 is 1.65. The SMILES string of the molecule is Cn1c(SCC(=O)NC23CC4CC(CC(C4)C2)C3)nc2sc3c(c2c1=O)CCCC3. The Morgan fingerprint density at radius 2 is 1.83 bits per heavy atom. The number of fused-ring (bicyclic) bond motifs is 3. The molecule has 4 saturated carbocycles. The van der Waals surface area contributed by atoms with Gasteiger partial charge in [-0.2, -0.15) is 0 Å². The summed E-state index contributed by atoms with van der Waals surface area (Å²) in [4.78, 5) is 32.9. The van der Waals surface area contributed by atoms with Crippen molar-refractivity contribution in [3.8, 4) is 0 Å². The summed E-state index contributed by atoms with van der Waals surface area (Å²) in [6, 6.07) is 0. The van der Waals surface area contributed by atoms with Crippen molar-refractivity contribution in [1.29, 1.82) is 0 Å². The van der Waals surface area contributed by atoms with Crippen LogP contribution >= 0.6 is 23.1 Å². The third-order valence-electron chi connectivity index (χ3n) is 7.93. The Hall–Kier alpha value is -1.34. The maximum atomic E-state index is 13.0. The maximum absolute atomic E-state index is 13.0. The van der Waals surface area contributed by atoms with Crippen molar-refractivity contribution in [2.75, 3.05) is 5.75 Å². The molecule has 0 radical (unpaired) electrons. The Labute approximate surface area is 185 Å². The smallest absolute Gasteiger partial charge is 0.262 e. The molecule has 0 aromatic carbocycles. The zero-order valence-electron chi connectivity index (χ0n) is 17.5. The second-order valence-corrected chi connectivity index (χ2v) is 12.2. The Bertz CT molecular complexity index is 1050. The normalized spacial score (nSPS) is 31.8. The standard InChI is InChI=1S/C23H29N3O2S2/c1-26-21(28)19-16-4-2-3-5-17(16)30-20(19)24-22(26)29-12-18(27)25-23-9-13-6-14(10-23)8-15(7-13)11-23/h13-15H,2-12H2,1H3,(H,25,27). The van der Waals surface area contributed by atoms with Crippen LogP contribution in [0.2, 0.25) is 0 Å². The molecule has 5 nitrogen and oxygen atoms in total. The molecule has 2 heterocycles. The van der Waals surface area contributed by atoms with Gasteiger partial charge in [-0.1, -0.05) is 11.8 Å².